The van der Waals surface area contributed by atoms with Crippen LogP contribution in [0.2, 0.25) is 0 Å². The Morgan fingerprint density at radius 2 is 2.08 bits per heavy atom. The Labute approximate surface area is 143 Å². The summed E-state index contributed by atoms with van der Waals surface area (Å²) < 4.78 is 41.4. The van der Waals surface area contributed by atoms with Crippen molar-refractivity contribution in [2.24, 2.45) is 5.92 Å². The maximum atomic E-state index is 13.1. The molecule has 1 unspecified atom stereocenters. The van der Waals surface area contributed by atoms with Gasteiger partial charge in [0.05, 0.1) is 17.3 Å². The fourth-order valence-corrected chi connectivity index (χ4v) is 3.21. The molecule has 2 aromatic rings. The minimum atomic E-state index is -4.53. The maximum Gasteiger partial charge on any atom is 0.419 e. The van der Waals surface area contributed by atoms with Crippen LogP contribution in [0.15, 0.2) is 30.1 Å². The Morgan fingerprint density at radius 1 is 1.32 bits per heavy atom. The van der Waals surface area contributed by atoms with Crippen LogP contribution >= 0.6 is 0 Å². The fourth-order valence-electron chi connectivity index (χ4n) is 3.21. The van der Waals surface area contributed by atoms with Crippen molar-refractivity contribution in [1.82, 2.24) is 14.5 Å². The van der Waals surface area contributed by atoms with Crippen molar-refractivity contribution in [2.45, 2.75) is 44.8 Å². The van der Waals surface area contributed by atoms with Gasteiger partial charge in [-0.05, 0) is 38.2 Å². The van der Waals surface area contributed by atoms with Crippen LogP contribution < -0.4 is 5.73 Å². The predicted molar refractivity (Wildman–Crippen MR) is 88.7 cm³/mol. The number of halogens is 3. The van der Waals surface area contributed by atoms with Gasteiger partial charge in [0, 0.05) is 24.4 Å². The van der Waals surface area contributed by atoms with Crippen LogP contribution in [-0.2, 0) is 12.6 Å². The molecule has 0 aliphatic heterocycles. The molecular weight excluding hydrogens is 329 g/mol. The van der Waals surface area contributed by atoms with E-state index in [1.54, 1.807) is 0 Å². The Morgan fingerprint density at radius 3 is 2.64 bits per heavy atom. The Hall–Kier alpha value is -2.31. The number of nitrogen functional groups attached to an aromatic ring is 1. The van der Waals surface area contributed by atoms with E-state index in [4.69, 9.17) is 5.73 Å². The second kappa shape index (κ2) is 5.61. The van der Waals surface area contributed by atoms with E-state index in [0.717, 1.165) is 24.7 Å². The molecule has 2 heterocycles. The van der Waals surface area contributed by atoms with Crippen molar-refractivity contribution in [2.75, 3.05) is 5.73 Å². The molecule has 4 rings (SSSR count). The molecule has 132 valence electrons. The van der Waals surface area contributed by atoms with Crippen molar-refractivity contribution in [1.29, 1.82) is 0 Å². The van der Waals surface area contributed by atoms with E-state index in [2.05, 4.69) is 27.5 Å². The summed E-state index contributed by atoms with van der Waals surface area (Å²) in [4.78, 5) is 8.36. The lowest BCUT2D eigenvalue weighted by atomic mass is 9.93. The predicted octanol–water partition coefficient (Wildman–Crippen LogP) is 4.39. The molecule has 2 aliphatic rings. The molecule has 0 radical (unpaired) electrons. The van der Waals surface area contributed by atoms with Gasteiger partial charge in [-0.3, -0.25) is 0 Å². The summed E-state index contributed by atoms with van der Waals surface area (Å²) in [6, 6.07) is 1.30. The van der Waals surface area contributed by atoms with Gasteiger partial charge in [-0.1, -0.05) is 11.6 Å². The van der Waals surface area contributed by atoms with Gasteiger partial charge >= 0.3 is 6.18 Å². The molecule has 25 heavy (non-hydrogen) atoms. The molecule has 0 bridgehead atoms. The largest absolute Gasteiger partial charge is 0.419 e. The average Bonchev–Trinajstić information content (AvgIpc) is 3.26. The first-order valence-corrected chi connectivity index (χ1v) is 8.40. The highest BCUT2D eigenvalue weighted by Crippen LogP contribution is 2.39. The van der Waals surface area contributed by atoms with Crippen molar-refractivity contribution >= 4 is 5.82 Å². The molecule has 1 saturated carbocycles. The number of hydrogen-bond donors (Lipinski definition) is 1. The third-order valence-electron chi connectivity index (χ3n) is 5.02. The normalized spacial score (nSPS) is 20.3. The smallest absolute Gasteiger partial charge is 0.383 e. The Kier molecular flexibility index (Phi) is 3.63. The number of alkyl halides is 3. The zero-order valence-electron chi connectivity index (χ0n) is 13.8. The Balaban J connectivity index is 1.74. The van der Waals surface area contributed by atoms with Crippen molar-refractivity contribution in [3.8, 4) is 11.3 Å². The molecule has 2 aliphatic carbocycles. The number of rotatable bonds is 4. The van der Waals surface area contributed by atoms with Gasteiger partial charge < -0.3 is 10.3 Å². The highest BCUT2D eigenvalue weighted by atomic mass is 19.4. The number of aromatic nitrogens is 3. The lowest BCUT2D eigenvalue weighted by Gasteiger charge is -2.27. The highest BCUT2D eigenvalue weighted by molar-refractivity contribution is 5.62. The third kappa shape index (κ3) is 3.03. The number of pyridine rings is 1. The SMILES string of the molecule is CC1=CCC1n1cc(-c2cnc(N)c(C(F)(F)F)c2)nc1CC1CC1. The van der Waals surface area contributed by atoms with Crippen molar-refractivity contribution in [3.05, 3.63) is 41.5 Å². The first kappa shape index (κ1) is 16.2. The van der Waals surface area contributed by atoms with E-state index in [0.29, 0.717) is 17.2 Å². The van der Waals surface area contributed by atoms with E-state index < -0.39 is 17.6 Å². The van der Waals surface area contributed by atoms with E-state index in [-0.39, 0.29) is 6.04 Å². The summed E-state index contributed by atoms with van der Waals surface area (Å²) >= 11 is 0. The van der Waals surface area contributed by atoms with E-state index >= 15 is 0 Å². The van der Waals surface area contributed by atoms with E-state index in [1.165, 1.54) is 24.6 Å². The highest BCUT2D eigenvalue weighted by Gasteiger charge is 2.34. The van der Waals surface area contributed by atoms with Gasteiger partial charge in [0.25, 0.3) is 0 Å². The molecule has 2 aromatic heterocycles. The van der Waals surface area contributed by atoms with Crippen LogP contribution in [0.4, 0.5) is 19.0 Å². The summed E-state index contributed by atoms with van der Waals surface area (Å²) in [5, 5.41) is 0. The molecule has 2 N–H and O–H groups in total. The molecular formula is C18H19F3N4. The summed E-state index contributed by atoms with van der Waals surface area (Å²) in [6.45, 7) is 2.07. The van der Waals surface area contributed by atoms with E-state index in [1.807, 2.05) is 6.20 Å². The standard InChI is InChI=1S/C18H19F3N4/c1-10-2-5-15(10)25-9-14(24-16(25)6-11-3-4-11)12-7-13(18(19,20)21)17(22)23-8-12/h2,7-9,11,15H,3-6H2,1H3,(H2,22,23). The minimum absolute atomic E-state index is 0.263. The van der Waals surface area contributed by atoms with E-state index in [9.17, 15) is 13.2 Å². The summed E-state index contributed by atoms with van der Waals surface area (Å²) in [7, 11) is 0. The third-order valence-corrected chi connectivity index (χ3v) is 5.02. The van der Waals surface area contributed by atoms with Gasteiger partial charge in [-0.15, -0.1) is 0 Å². The molecule has 0 spiro atoms. The molecule has 0 saturated heterocycles. The first-order chi connectivity index (χ1) is 11.8. The summed E-state index contributed by atoms with van der Waals surface area (Å²) in [5.41, 5.74) is 6.62. The number of nitrogens with two attached hydrogens (primary N) is 1. The Bertz CT molecular complexity index is 846. The van der Waals surface area contributed by atoms with Gasteiger partial charge in [0.2, 0.25) is 0 Å². The van der Waals surface area contributed by atoms with Crippen molar-refractivity contribution < 1.29 is 13.2 Å². The fraction of sp³-hybridized carbons (Fsp3) is 0.444. The van der Waals surface area contributed by atoms with Crippen LogP contribution in [-0.4, -0.2) is 14.5 Å². The lowest BCUT2D eigenvalue weighted by molar-refractivity contribution is -0.137. The quantitative estimate of drug-likeness (QED) is 0.834. The van der Waals surface area contributed by atoms with Crippen LogP contribution in [0.25, 0.3) is 11.3 Å². The van der Waals surface area contributed by atoms with Gasteiger partial charge in [0.1, 0.15) is 11.6 Å². The molecule has 1 atom stereocenters. The van der Waals surface area contributed by atoms with Crippen LogP contribution in [0, 0.1) is 5.92 Å². The zero-order valence-corrected chi connectivity index (χ0v) is 13.8. The number of imidazole rings is 1. The average molecular weight is 348 g/mol. The van der Waals surface area contributed by atoms with Crippen LogP contribution in [0.3, 0.4) is 0 Å². The van der Waals surface area contributed by atoms with Crippen molar-refractivity contribution in [3.63, 3.8) is 0 Å². The summed E-state index contributed by atoms with van der Waals surface area (Å²) in [5.74, 6) is 1.08. The second-order valence-electron chi connectivity index (χ2n) is 6.95. The van der Waals surface area contributed by atoms with Gasteiger partial charge in [-0.25, -0.2) is 9.97 Å². The van der Waals surface area contributed by atoms with Gasteiger partial charge in [-0.2, -0.15) is 13.2 Å². The topological polar surface area (TPSA) is 56.7 Å². The second-order valence-corrected chi connectivity index (χ2v) is 6.95. The maximum absolute atomic E-state index is 13.1. The zero-order chi connectivity index (χ0) is 17.8. The first-order valence-electron chi connectivity index (χ1n) is 8.40. The molecule has 0 aromatic carbocycles. The summed E-state index contributed by atoms with van der Waals surface area (Å²) in [6.07, 6.45) is 5.06. The molecule has 0 amide bonds. The minimum Gasteiger partial charge on any atom is -0.383 e. The number of hydrogen-bond acceptors (Lipinski definition) is 3. The number of nitrogens with zero attached hydrogens (tertiary/aromatic N) is 3. The molecule has 4 nitrogen and oxygen atoms in total. The lowest BCUT2D eigenvalue weighted by Crippen LogP contribution is -2.18. The monoisotopic (exact) mass is 348 g/mol. The van der Waals surface area contributed by atoms with Gasteiger partial charge in [0.15, 0.2) is 0 Å². The number of anilines is 1. The number of allylic oxidation sites excluding steroid dienone is 2. The molecule has 7 heteroatoms. The molecule has 1 fully saturated rings. The van der Waals surface area contributed by atoms with Crippen LogP contribution in [0.1, 0.15) is 43.6 Å². The van der Waals surface area contributed by atoms with Crippen LogP contribution in [0.5, 0.6) is 0 Å².